The zero-order chi connectivity index (χ0) is 15.0. The number of aromatic amines is 1. The number of rotatable bonds is 4. The van der Waals surface area contributed by atoms with E-state index in [1.54, 1.807) is 0 Å². The number of aromatic nitrogens is 1. The van der Waals surface area contributed by atoms with Crippen LogP contribution in [-0.2, 0) is 11.2 Å². The van der Waals surface area contributed by atoms with Crippen molar-refractivity contribution in [1.29, 1.82) is 0 Å². The molecule has 1 amide bonds. The van der Waals surface area contributed by atoms with E-state index in [1.807, 2.05) is 0 Å². The number of hydrogen-bond donors (Lipinski definition) is 2. The number of carbonyl (C=O) groups excluding carboxylic acids is 1. The van der Waals surface area contributed by atoms with Gasteiger partial charge in [-0.1, -0.05) is 6.07 Å². The number of H-pyrrole nitrogens is 1. The summed E-state index contributed by atoms with van der Waals surface area (Å²) in [5, 5.41) is 4.02. The molecule has 0 radical (unpaired) electrons. The van der Waals surface area contributed by atoms with Gasteiger partial charge in [0.2, 0.25) is 0 Å². The van der Waals surface area contributed by atoms with Crippen molar-refractivity contribution in [3.05, 3.63) is 35.5 Å². The van der Waals surface area contributed by atoms with Gasteiger partial charge >= 0.3 is 6.09 Å². The van der Waals surface area contributed by atoms with Crippen molar-refractivity contribution < 1.29 is 9.53 Å². The molecule has 2 aromatic rings. The van der Waals surface area contributed by atoms with E-state index >= 15 is 0 Å². The second-order valence-corrected chi connectivity index (χ2v) is 5.93. The smallest absolute Gasteiger partial charge is 0.407 e. The maximum Gasteiger partial charge on any atom is 0.407 e. The number of alkyl carbamates (subject to hydrolysis) is 1. The highest BCUT2D eigenvalue weighted by Crippen LogP contribution is 2.24. The molecule has 0 spiro atoms. The molecule has 1 saturated heterocycles. The first-order valence-corrected chi connectivity index (χ1v) is 7.24. The molecule has 1 aliphatic rings. The average Bonchev–Trinajstić information content (AvgIpc) is 3.03. The molecule has 2 unspecified atom stereocenters. The lowest BCUT2D eigenvalue weighted by atomic mass is 10.0. The fourth-order valence-corrected chi connectivity index (χ4v) is 2.66. The molecular formula is C16H21N3O2. The third-order valence-corrected chi connectivity index (χ3v) is 4.15. The zero-order valence-electron chi connectivity index (χ0n) is 12.6. The Balaban J connectivity index is 1.81. The lowest BCUT2D eigenvalue weighted by molar-refractivity contribution is 0.177. The zero-order valence-corrected chi connectivity index (χ0v) is 12.6. The third kappa shape index (κ3) is 2.88. The first-order chi connectivity index (χ1) is 10.0. The summed E-state index contributed by atoms with van der Waals surface area (Å²) in [5.74, 6) is 0. The van der Waals surface area contributed by atoms with E-state index in [2.05, 4.69) is 60.5 Å². The van der Waals surface area contributed by atoms with E-state index in [1.165, 1.54) is 16.6 Å². The van der Waals surface area contributed by atoms with Crippen LogP contribution in [0.4, 0.5) is 4.79 Å². The normalized spacial score (nSPS) is 19.8. The highest BCUT2D eigenvalue weighted by Gasteiger charge is 2.22. The topological polar surface area (TPSA) is 57.4 Å². The maximum absolute atomic E-state index is 11.1. The van der Waals surface area contributed by atoms with Gasteiger partial charge in [-0.15, -0.1) is 0 Å². The van der Waals surface area contributed by atoms with Gasteiger partial charge in [0.15, 0.2) is 0 Å². The van der Waals surface area contributed by atoms with Crippen LogP contribution in [0.25, 0.3) is 10.9 Å². The Morgan fingerprint density at radius 3 is 2.86 bits per heavy atom. The first kappa shape index (κ1) is 13.9. The van der Waals surface area contributed by atoms with Crippen molar-refractivity contribution in [2.24, 2.45) is 0 Å². The Hall–Kier alpha value is -2.01. The van der Waals surface area contributed by atoms with Gasteiger partial charge in [-0.05, 0) is 56.6 Å². The fourth-order valence-electron chi connectivity index (χ4n) is 2.66. The van der Waals surface area contributed by atoms with Crippen LogP contribution in [0.3, 0.4) is 0 Å². The molecule has 21 heavy (non-hydrogen) atoms. The fraction of sp³-hybridized carbons (Fsp3) is 0.438. The largest absolute Gasteiger partial charge is 0.447 e. The molecule has 2 N–H and O–H groups in total. The number of nitrogens with zero attached hydrogens (tertiary/aromatic N) is 1. The van der Waals surface area contributed by atoms with Crippen LogP contribution in [0, 0.1) is 0 Å². The Morgan fingerprint density at radius 2 is 2.19 bits per heavy atom. The molecule has 1 aromatic heterocycles. The van der Waals surface area contributed by atoms with E-state index in [9.17, 15) is 4.79 Å². The molecule has 5 heteroatoms. The summed E-state index contributed by atoms with van der Waals surface area (Å²) in [7, 11) is 4.15. The summed E-state index contributed by atoms with van der Waals surface area (Å²) in [5.41, 5.74) is 3.57. The van der Waals surface area contributed by atoms with Crippen LogP contribution in [0.2, 0.25) is 0 Å². The van der Waals surface area contributed by atoms with E-state index in [4.69, 9.17) is 4.74 Å². The molecule has 1 fully saturated rings. The molecule has 2 heterocycles. The van der Waals surface area contributed by atoms with Crippen molar-refractivity contribution in [2.45, 2.75) is 25.4 Å². The summed E-state index contributed by atoms with van der Waals surface area (Å²) in [6.45, 7) is 2.63. The quantitative estimate of drug-likeness (QED) is 0.908. The van der Waals surface area contributed by atoms with Gasteiger partial charge in [-0.2, -0.15) is 0 Å². The summed E-state index contributed by atoms with van der Waals surface area (Å²) in [4.78, 5) is 16.7. The summed E-state index contributed by atoms with van der Waals surface area (Å²) in [6, 6.07) is 9.02. The van der Waals surface area contributed by atoms with Crippen LogP contribution >= 0.6 is 0 Å². The van der Waals surface area contributed by atoms with Crippen LogP contribution in [0.5, 0.6) is 0 Å². The maximum atomic E-state index is 11.1. The van der Waals surface area contributed by atoms with Crippen molar-refractivity contribution in [3.63, 3.8) is 0 Å². The Labute approximate surface area is 124 Å². The number of amides is 1. The Kier molecular flexibility index (Phi) is 3.59. The lowest BCUT2D eigenvalue weighted by Gasteiger charge is -2.17. The number of ether oxygens (including phenoxy) is 1. The molecule has 2 atom stereocenters. The molecule has 112 valence electrons. The van der Waals surface area contributed by atoms with Crippen molar-refractivity contribution >= 4 is 17.0 Å². The van der Waals surface area contributed by atoms with Crippen LogP contribution in [0.1, 0.15) is 24.2 Å². The van der Waals surface area contributed by atoms with Crippen LogP contribution in [-0.4, -0.2) is 42.7 Å². The van der Waals surface area contributed by atoms with Gasteiger partial charge in [0, 0.05) is 17.3 Å². The van der Waals surface area contributed by atoms with Crippen LogP contribution in [0.15, 0.2) is 24.3 Å². The minimum Gasteiger partial charge on any atom is -0.447 e. The van der Waals surface area contributed by atoms with E-state index in [0.29, 0.717) is 12.6 Å². The number of benzene rings is 1. The minimum atomic E-state index is -0.315. The van der Waals surface area contributed by atoms with Crippen molar-refractivity contribution in [3.8, 4) is 0 Å². The number of cyclic esters (lactones) is 1. The second-order valence-electron chi connectivity index (χ2n) is 5.93. The molecule has 0 aliphatic carbocycles. The second kappa shape index (κ2) is 5.41. The Morgan fingerprint density at radius 1 is 1.38 bits per heavy atom. The van der Waals surface area contributed by atoms with Gasteiger partial charge < -0.3 is 19.9 Å². The molecule has 1 aliphatic heterocycles. The summed E-state index contributed by atoms with van der Waals surface area (Å²) in [6.07, 6.45) is 0.482. The molecule has 0 bridgehead atoms. The molecule has 5 nitrogen and oxygen atoms in total. The highest BCUT2D eigenvalue weighted by molar-refractivity contribution is 5.81. The minimum absolute atomic E-state index is 0.0778. The van der Waals surface area contributed by atoms with Crippen molar-refractivity contribution in [2.75, 3.05) is 20.7 Å². The third-order valence-electron chi connectivity index (χ3n) is 4.15. The van der Waals surface area contributed by atoms with Crippen molar-refractivity contribution in [1.82, 2.24) is 15.2 Å². The molecule has 3 rings (SSSR count). The number of carbonyl (C=O) groups is 1. The Bertz CT molecular complexity index is 663. The van der Waals surface area contributed by atoms with Gasteiger partial charge in [0.25, 0.3) is 0 Å². The SMILES string of the molecule is CC(c1cc2cc(CC3COC(=O)N3)ccc2[nH]1)N(C)C. The summed E-state index contributed by atoms with van der Waals surface area (Å²) < 4.78 is 4.93. The first-order valence-electron chi connectivity index (χ1n) is 7.24. The van der Waals surface area contributed by atoms with Gasteiger partial charge in [0.1, 0.15) is 6.61 Å². The molecule has 1 aromatic carbocycles. The van der Waals surface area contributed by atoms with Gasteiger partial charge in [-0.3, -0.25) is 0 Å². The van der Waals surface area contributed by atoms with E-state index in [0.717, 1.165) is 11.9 Å². The number of nitrogens with one attached hydrogen (secondary N) is 2. The highest BCUT2D eigenvalue weighted by atomic mass is 16.6. The van der Waals surface area contributed by atoms with Gasteiger partial charge in [0.05, 0.1) is 6.04 Å². The van der Waals surface area contributed by atoms with E-state index in [-0.39, 0.29) is 12.1 Å². The molecular weight excluding hydrogens is 266 g/mol. The number of hydrogen-bond acceptors (Lipinski definition) is 3. The average molecular weight is 287 g/mol. The molecule has 0 saturated carbocycles. The predicted octanol–water partition coefficient (Wildman–Crippen LogP) is 2.44. The standard InChI is InChI=1S/C16H21N3O2/c1-10(19(2)3)15-8-12-6-11(4-5-14(12)18-15)7-13-9-21-16(20)17-13/h4-6,8,10,13,18H,7,9H2,1-3H3,(H,17,20). The van der Waals surface area contributed by atoms with Crippen LogP contribution < -0.4 is 5.32 Å². The predicted molar refractivity (Wildman–Crippen MR) is 82.4 cm³/mol. The number of fused-ring (bicyclic) bond motifs is 1. The van der Waals surface area contributed by atoms with Gasteiger partial charge in [-0.25, -0.2) is 4.79 Å². The summed E-state index contributed by atoms with van der Waals surface area (Å²) >= 11 is 0. The van der Waals surface area contributed by atoms with E-state index < -0.39 is 0 Å². The lowest BCUT2D eigenvalue weighted by Crippen LogP contribution is -2.28. The monoisotopic (exact) mass is 287 g/mol.